The van der Waals surface area contributed by atoms with E-state index < -0.39 is 5.97 Å². The van der Waals surface area contributed by atoms with Gasteiger partial charge in [-0.05, 0) is 25.7 Å². The largest absolute Gasteiger partial charge is 0.465 e. The van der Waals surface area contributed by atoms with E-state index in [4.69, 9.17) is 9.84 Å². The standard InChI is InChI=1S/C13H19N3O3/c1-9-14-7-11(13(18)19-2)12(15-9)16-5-3-10(8-16)4-6-17/h7,10,17H,3-6,8H2,1-2H3. The first-order valence-corrected chi connectivity index (χ1v) is 6.43. The Labute approximate surface area is 112 Å². The van der Waals surface area contributed by atoms with Crippen molar-refractivity contribution in [1.29, 1.82) is 0 Å². The third-order valence-corrected chi connectivity index (χ3v) is 3.42. The van der Waals surface area contributed by atoms with E-state index in [9.17, 15) is 4.79 Å². The average molecular weight is 265 g/mol. The van der Waals surface area contributed by atoms with Gasteiger partial charge in [-0.1, -0.05) is 0 Å². The van der Waals surface area contributed by atoms with Gasteiger partial charge in [0.15, 0.2) is 0 Å². The molecule has 2 rings (SSSR count). The molecule has 0 radical (unpaired) electrons. The molecular formula is C13H19N3O3. The Morgan fingerprint density at radius 2 is 2.42 bits per heavy atom. The van der Waals surface area contributed by atoms with Gasteiger partial charge in [-0.3, -0.25) is 0 Å². The van der Waals surface area contributed by atoms with E-state index >= 15 is 0 Å². The van der Waals surface area contributed by atoms with Crippen LogP contribution in [0.4, 0.5) is 5.82 Å². The molecular weight excluding hydrogens is 246 g/mol. The summed E-state index contributed by atoms with van der Waals surface area (Å²) in [5, 5.41) is 8.99. The van der Waals surface area contributed by atoms with Crippen molar-refractivity contribution >= 4 is 11.8 Å². The fraction of sp³-hybridized carbons (Fsp3) is 0.615. The van der Waals surface area contributed by atoms with Crippen molar-refractivity contribution in [2.75, 3.05) is 31.7 Å². The molecule has 0 spiro atoms. The van der Waals surface area contributed by atoms with Crippen molar-refractivity contribution in [3.05, 3.63) is 17.6 Å². The molecule has 1 aromatic heterocycles. The average Bonchev–Trinajstić information content (AvgIpc) is 2.87. The van der Waals surface area contributed by atoms with Crippen LogP contribution in [0.5, 0.6) is 0 Å². The molecule has 0 saturated carbocycles. The molecule has 0 aromatic carbocycles. The van der Waals surface area contributed by atoms with Crippen LogP contribution in [0.2, 0.25) is 0 Å². The maximum absolute atomic E-state index is 11.7. The zero-order valence-corrected chi connectivity index (χ0v) is 11.3. The number of hydrogen-bond acceptors (Lipinski definition) is 6. The minimum absolute atomic E-state index is 0.200. The second kappa shape index (κ2) is 5.97. The second-order valence-electron chi connectivity index (χ2n) is 4.76. The van der Waals surface area contributed by atoms with Crippen LogP contribution in [0, 0.1) is 12.8 Å². The molecule has 6 nitrogen and oxygen atoms in total. The topological polar surface area (TPSA) is 75.5 Å². The van der Waals surface area contributed by atoms with E-state index in [1.54, 1.807) is 6.92 Å². The Bertz CT molecular complexity index is 464. The van der Waals surface area contributed by atoms with Gasteiger partial charge >= 0.3 is 5.97 Å². The van der Waals surface area contributed by atoms with Gasteiger partial charge in [0.2, 0.25) is 0 Å². The summed E-state index contributed by atoms with van der Waals surface area (Å²) < 4.78 is 4.77. The fourth-order valence-electron chi connectivity index (χ4n) is 2.40. The van der Waals surface area contributed by atoms with Gasteiger partial charge in [0, 0.05) is 25.9 Å². The molecule has 0 aliphatic carbocycles. The van der Waals surface area contributed by atoms with Crippen molar-refractivity contribution in [1.82, 2.24) is 9.97 Å². The number of rotatable bonds is 4. The predicted octanol–water partition coefficient (Wildman–Crippen LogP) is 0.780. The number of aliphatic hydroxyl groups is 1. The van der Waals surface area contributed by atoms with E-state index in [2.05, 4.69) is 14.9 Å². The van der Waals surface area contributed by atoms with Crippen molar-refractivity contribution < 1.29 is 14.6 Å². The van der Waals surface area contributed by atoms with E-state index in [-0.39, 0.29) is 6.61 Å². The number of carbonyl (C=O) groups is 1. The minimum atomic E-state index is -0.416. The predicted molar refractivity (Wildman–Crippen MR) is 70.1 cm³/mol. The van der Waals surface area contributed by atoms with Gasteiger partial charge in [0.05, 0.1) is 7.11 Å². The van der Waals surface area contributed by atoms with Crippen LogP contribution >= 0.6 is 0 Å². The zero-order valence-electron chi connectivity index (χ0n) is 11.3. The number of hydrogen-bond donors (Lipinski definition) is 1. The Balaban J connectivity index is 2.24. The van der Waals surface area contributed by atoms with Crippen LogP contribution in [-0.4, -0.2) is 47.8 Å². The van der Waals surface area contributed by atoms with Gasteiger partial charge in [0.1, 0.15) is 17.2 Å². The monoisotopic (exact) mass is 265 g/mol. The van der Waals surface area contributed by atoms with Crippen molar-refractivity contribution in [2.24, 2.45) is 5.92 Å². The first kappa shape index (κ1) is 13.7. The highest BCUT2D eigenvalue weighted by molar-refractivity contribution is 5.94. The summed E-state index contributed by atoms with van der Waals surface area (Å²) in [6.07, 6.45) is 3.31. The first-order chi connectivity index (χ1) is 9.15. The summed E-state index contributed by atoms with van der Waals surface area (Å²) in [7, 11) is 1.35. The smallest absolute Gasteiger partial charge is 0.343 e. The summed E-state index contributed by atoms with van der Waals surface area (Å²) >= 11 is 0. The molecule has 19 heavy (non-hydrogen) atoms. The molecule has 1 fully saturated rings. The molecule has 2 heterocycles. The number of carbonyl (C=O) groups excluding carboxylic acids is 1. The van der Waals surface area contributed by atoms with Crippen LogP contribution in [-0.2, 0) is 4.74 Å². The Hall–Kier alpha value is -1.69. The number of ether oxygens (including phenoxy) is 1. The van der Waals surface area contributed by atoms with Crippen molar-refractivity contribution in [3.63, 3.8) is 0 Å². The first-order valence-electron chi connectivity index (χ1n) is 6.43. The summed E-state index contributed by atoms with van der Waals surface area (Å²) in [6, 6.07) is 0. The fourth-order valence-corrected chi connectivity index (χ4v) is 2.40. The van der Waals surface area contributed by atoms with Crippen LogP contribution in [0.3, 0.4) is 0 Å². The number of esters is 1. The molecule has 0 bridgehead atoms. The lowest BCUT2D eigenvalue weighted by Crippen LogP contribution is -2.24. The highest BCUT2D eigenvalue weighted by Gasteiger charge is 2.27. The van der Waals surface area contributed by atoms with Crippen LogP contribution in [0.1, 0.15) is 29.0 Å². The highest BCUT2D eigenvalue weighted by Crippen LogP contribution is 2.27. The van der Waals surface area contributed by atoms with Gasteiger partial charge in [-0.15, -0.1) is 0 Å². The molecule has 1 atom stereocenters. The molecule has 6 heteroatoms. The van der Waals surface area contributed by atoms with E-state index in [1.165, 1.54) is 13.3 Å². The highest BCUT2D eigenvalue weighted by atomic mass is 16.5. The number of anilines is 1. The number of methoxy groups -OCH3 is 1. The zero-order chi connectivity index (χ0) is 13.8. The second-order valence-corrected chi connectivity index (χ2v) is 4.76. The number of aliphatic hydroxyl groups excluding tert-OH is 1. The van der Waals surface area contributed by atoms with E-state index in [1.807, 2.05) is 0 Å². The molecule has 1 unspecified atom stereocenters. The molecule has 0 amide bonds. The van der Waals surface area contributed by atoms with E-state index in [0.29, 0.717) is 23.1 Å². The molecule has 104 valence electrons. The lowest BCUT2D eigenvalue weighted by molar-refractivity contribution is 0.0600. The van der Waals surface area contributed by atoms with Crippen molar-refractivity contribution in [2.45, 2.75) is 19.8 Å². The third-order valence-electron chi connectivity index (χ3n) is 3.42. The third kappa shape index (κ3) is 3.01. The molecule has 1 aliphatic heterocycles. The molecule has 1 saturated heterocycles. The van der Waals surface area contributed by atoms with Crippen LogP contribution in [0.15, 0.2) is 6.20 Å². The maximum atomic E-state index is 11.7. The van der Waals surface area contributed by atoms with Gasteiger partial charge < -0.3 is 14.7 Å². The lowest BCUT2D eigenvalue weighted by Gasteiger charge is -2.20. The Morgan fingerprint density at radius 3 is 3.11 bits per heavy atom. The van der Waals surface area contributed by atoms with Gasteiger partial charge in [0.25, 0.3) is 0 Å². The SMILES string of the molecule is COC(=O)c1cnc(C)nc1N1CCC(CCO)C1. The summed E-state index contributed by atoms with van der Waals surface area (Å²) in [4.78, 5) is 22.2. The quantitative estimate of drug-likeness (QED) is 0.811. The number of aryl methyl sites for hydroxylation is 1. The molecule has 1 aromatic rings. The summed E-state index contributed by atoms with van der Waals surface area (Å²) in [5.41, 5.74) is 0.401. The normalized spacial score (nSPS) is 18.7. The van der Waals surface area contributed by atoms with Crippen LogP contribution in [0.25, 0.3) is 0 Å². The lowest BCUT2D eigenvalue weighted by atomic mass is 10.1. The summed E-state index contributed by atoms with van der Waals surface area (Å²) in [6.45, 7) is 3.64. The Morgan fingerprint density at radius 1 is 1.63 bits per heavy atom. The molecule has 1 N–H and O–H groups in total. The van der Waals surface area contributed by atoms with Crippen LogP contribution < -0.4 is 4.90 Å². The maximum Gasteiger partial charge on any atom is 0.343 e. The minimum Gasteiger partial charge on any atom is -0.465 e. The van der Waals surface area contributed by atoms with E-state index in [0.717, 1.165) is 25.9 Å². The molecule has 1 aliphatic rings. The number of aromatic nitrogens is 2. The number of nitrogens with zero attached hydrogens (tertiary/aromatic N) is 3. The van der Waals surface area contributed by atoms with Gasteiger partial charge in [-0.2, -0.15) is 0 Å². The Kier molecular flexibility index (Phi) is 4.31. The van der Waals surface area contributed by atoms with Gasteiger partial charge in [-0.25, -0.2) is 14.8 Å². The van der Waals surface area contributed by atoms with Crippen molar-refractivity contribution in [3.8, 4) is 0 Å². The summed E-state index contributed by atoms with van der Waals surface area (Å²) in [5.74, 6) is 1.31.